The first-order chi connectivity index (χ1) is 15.7. The molecule has 192 valence electrons. The van der Waals surface area contributed by atoms with Crippen LogP contribution >= 0.6 is 0 Å². The quantitative estimate of drug-likeness (QED) is 0.379. The molecule has 1 heteroatoms. The molecular formula is C33H55N. The summed E-state index contributed by atoms with van der Waals surface area (Å²) in [5, 5.41) is 10.6. The molecule has 4 saturated carbocycles. The summed E-state index contributed by atoms with van der Waals surface area (Å²) in [4.78, 5) is 0. The van der Waals surface area contributed by atoms with Gasteiger partial charge in [0.2, 0.25) is 0 Å². The van der Waals surface area contributed by atoms with Crippen molar-refractivity contribution in [2.75, 3.05) is 0 Å². The van der Waals surface area contributed by atoms with Crippen molar-refractivity contribution in [2.45, 2.75) is 121 Å². The molecule has 34 heavy (non-hydrogen) atoms. The van der Waals surface area contributed by atoms with Gasteiger partial charge in [-0.15, -0.1) is 0 Å². The predicted molar refractivity (Wildman–Crippen MR) is 145 cm³/mol. The van der Waals surface area contributed by atoms with Crippen LogP contribution in [0.1, 0.15) is 121 Å². The number of rotatable bonds is 4. The SMILES string of the molecule is CC(C)=CCCC(C)C1CC[C@]2(C)C1[C@H](C#N)CC1[C@@]3(C)CC[C@H](C)C(C)(C)C3[C@@H](C)C[C@]12C. The molecular weight excluding hydrogens is 410 g/mol. The summed E-state index contributed by atoms with van der Waals surface area (Å²) in [5.41, 5.74) is 2.88. The van der Waals surface area contributed by atoms with Gasteiger partial charge in [-0.1, -0.05) is 67.0 Å². The van der Waals surface area contributed by atoms with Crippen molar-refractivity contribution < 1.29 is 0 Å². The lowest BCUT2D eigenvalue weighted by molar-refractivity contribution is -0.238. The normalized spacial score (nSPS) is 50.3. The van der Waals surface area contributed by atoms with Crippen molar-refractivity contribution in [1.82, 2.24) is 0 Å². The molecule has 0 aromatic rings. The average molecular weight is 466 g/mol. The molecule has 0 spiro atoms. The van der Waals surface area contributed by atoms with E-state index >= 15 is 0 Å². The van der Waals surface area contributed by atoms with Crippen molar-refractivity contribution >= 4 is 0 Å². The maximum absolute atomic E-state index is 10.6. The molecule has 0 aromatic carbocycles. The van der Waals surface area contributed by atoms with E-state index in [1.54, 1.807) is 0 Å². The van der Waals surface area contributed by atoms with E-state index in [-0.39, 0.29) is 5.92 Å². The van der Waals surface area contributed by atoms with Crippen LogP contribution in [0.4, 0.5) is 0 Å². The Hall–Kier alpha value is -0.770. The Kier molecular flexibility index (Phi) is 6.70. The maximum atomic E-state index is 10.6. The molecule has 0 aliphatic heterocycles. The first-order valence-electron chi connectivity index (χ1n) is 14.8. The van der Waals surface area contributed by atoms with Crippen LogP contribution in [0.25, 0.3) is 0 Å². The topological polar surface area (TPSA) is 23.8 Å². The Morgan fingerprint density at radius 1 is 1.03 bits per heavy atom. The zero-order valence-corrected chi connectivity index (χ0v) is 24.3. The van der Waals surface area contributed by atoms with Gasteiger partial charge in [-0.25, -0.2) is 0 Å². The Labute approximate surface area is 212 Å². The summed E-state index contributed by atoms with van der Waals surface area (Å²) < 4.78 is 0. The highest BCUT2D eigenvalue weighted by atomic mass is 14.8. The molecule has 11 atom stereocenters. The zero-order chi connectivity index (χ0) is 25.3. The summed E-state index contributed by atoms with van der Waals surface area (Å²) in [6.45, 7) is 25.2. The van der Waals surface area contributed by atoms with Crippen molar-refractivity contribution in [1.29, 1.82) is 5.26 Å². The van der Waals surface area contributed by atoms with E-state index in [2.05, 4.69) is 81.4 Å². The van der Waals surface area contributed by atoms with E-state index in [0.29, 0.717) is 33.5 Å². The minimum absolute atomic E-state index is 0.245. The highest BCUT2D eigenvalue weighted by Crippen LogP contribution is 2.77. The summed E-state index contributed by atoms with van der Waals surface area (Å²) in [5.74, 6) is 5.32. The molecule has 4 fully saturated rings. The molecule has 0 saturated heterocycles. The number of hydrogen-bond donors (Lipinski definition) is 0. The van der Waals surface area contributed by atoms with Crippen LogP contribution in [0.15, 0.2) is 11.6 Å². The number of allylic oxidation sites excluding steroid dienone is 2. The fourth-order valence-electron chi connectivity index (χ4n) is 11.5. The second-order valence-corrected chi connectivity index (χ2v) is 15.3. The summed E-state index contributed by atoms with van der Waals surface area (Å²) >= 11 is 0. The monoisotopic (exact) mass is 465 g/mol. The number of nitrogens with zero attached hydrogens (tertiary/aromatic N) is 1. The average Bonchev–Trinajstić information content (AvgIpc) is 3.10. The molecule has 0 bridgehead atoms. The molecule has 0 radical (unpaired) electrons. The van der Waals surface area contributed by atoms with Gasteiger partial charge in [0.15, 0.2) is 0 Å². The minimum Gasteiger partial charge on any atom is -0.198 e. The van der Waals surface area contributed by atoms with Gasteiger partial charge in [0.25, 0.3) is 0 Å². The fourth-order valence-corrected chi connectivity index (χ4v) is 11.5. The van der Waals surface area contributed by atoms with E-state index < -0.39 is 0 Å². The highest BCUT2D eigenvalue weighted by Gasteiger charge is 2.71. The van der Waals surface area contributed by atoms with Gasteiger partial charge in [-0.05, 0) is 128 Å². The van der Waals surface area contributed by atoms with E-state index in [1.807, 2.05) is 0 Å². The molecule has 0 heterocycles. The lowest BCUT2D eigenvalue weighted by Gasteiger charge is -2.72. The molecule has 1 nitrogen and oxygen atoms in total. The third kappa shape index (κ3) is 3.58. The maximum Gasteiger partial charge on any atom is 0.0659 e. The first kappa shape index (κ1) is 26.3. The lowest BCUT2D eigenvalue weighted by atomic mass is 9.32. The van der Waals surface area contributed by atoms with Crippen LogP contribution in [0.2, 0.25) is 0 Å². The van der Waals surface area contributed by atoms with Crippen LogP contribution in [0.3, 0.4) is 0 Å². The van der Waals surface area contributed by atoms with Gasteiger partial charge in [0.1, 0.15) is 0 Å². The van der Waals surface area contributed by atoms with Crippen molar-refractivity contribution in [3.8, 4) is 6.07 Å². The Morgan fingerprint density at radius 2 is 1.71 bits per heavy atom. The van der Waals surface area contributed by atoms with Crippen molar-refractivity contribution in [3.05, 3.63) is 11.6 Å². The Bertz CT molecular complexity index is 841. The van der Waals surface area contributed by atoms with Crippen LogP contribution in [0, 0.1) is 80.3 Å². The molecule has 4 aliphatic carbocycles. The van der Waals surface area contributed by atoms with Gasteiger partial charge in [0.05, 0.1) is 12.0 Å². The minimum atomic E-state index is 0.245. The van der Waals surface area contributed by atoms with Crippen LogP contribution in [0.5, 0.6) is 0 Å². The van der Waals surface area contributed by atoms with E-state index in [0.717, 1.165) is 36.0 Å². The predicted octanol–water partition coefficient (Wildman–Crippen LogP) is 9.69. The van der Waals surface area contributed by atoms with Crippen LogP contribution in [-0.4, -0.2) is 0 Å². The second kappa shape index (κ2) is 8.67. The van der Waals surface area contributed by atoms with E-state index in [9.17, 15) is 5.26 Å². The zero-order valence-electron chi connectivity index (χ0n) is 24.3. The van der Waals surface area contributed by atoms with Gasteiger partial charge < -0.3 is 0 Å². The second-order valence-electron chi connectivity index (χ2n) is 15.3. The number of fused-ring (bicyclic) bond motifs is 5. The van der Waals surface area contributed by atoms with Crippen LogP contribution in [-0.2, 0) is 0 Å². The largest absolute Gasteiger partial charge is 0.198 e. The number of hydrogen-bond acceptors (Lipinski definition) is 1. The lowest BCUT2D eigenvalue weighted by Crippen LogP contribution is -2.66. The molecule has 5 unspecified atom stereocenters. The Balaban J connectivity index is 1.71. The fraction of sp³-hybridized carbons (Fsp3) is 0.909. The van der Waals surface area contributed by atoms with Crippen LogP contribution < -0.4 is 0 Å². The first-order valence-corrected chi connectivity index (χ1v) is 14.8. The van der Waals surface area contributed by atoms with Gasteiger partial charge >= 0.3 is 0 Å². The highest BCUT2D eigenvalue weighted by molar-refractivity contribution is 5.21. The summed E-state index contributed by atoms with van der Waals surface area (Å²) in [7, 11) is 0. The van der Waals surface area contributed by atoms with Gasteiger partial charge in [-0.2, -0.15) is 5.26 Å². The molecule has 0 aromatic heterocycles. The summed E-state index contributed by atoms with van der Waals surface area (Å²) in [6, 6.07) is 2.95. The Morgan fingerprint density at radius 3 is 2.32 bits per heavy atom. The molecule has 4 aliphatic rings. The summed E-state index contributed by atoms with van der Waals surface area (Å²) in [6.07, 6.45) is 12.8. The van der Waals surface area contributed by atoms with E-state index in [4.69, 9.17) is 0 Å². The third-order valence-electron chi connectivity index (χ3n) is 13.3. The van der Waals surface area contributed by atoms with Gasteiger partial charge in [0, 0.05) is 0 Å². The van der Waals surface area contributed by atoms with Crippen molar-refractivity contribution in [2.24, 2.45) is 69.0 Å². The smallest absolute Gasteiger partial charge is 0.0659 e. The standard InChI is InChI=1S/C33H55N/c1-21(2)12-11-13-22(3)26-15-17-32(9)28(26)25(20-34)18-27-31(8)16-14-24(5)30(6,7)29(31)23(4)19-33(27,32)10/h12,22-29H,11,13-19H2,1-10H3/t22?,23-,24-,25-,26?,27?,28?,29?,31+,32+,33+/m0/s1. The third-order valence-corrected chi connectivity index (χ3v) is 13.3. The van der Waals surface area contributed by atoms with Crippen molar-refractivity contribution in [3.63, 3.8) is 0 Å². The van der Waals surface area contributed by atoms with Gasteiger partial charge in [-0.3, -0.25) is 0 Å². The van der Waals surface area contributed by atoms with E-state index in [1.165, 1.54) is 50.5 Å². The molecule has 0 N–H and O–H groups in total. The number of nitriles is 1. The molecule has 4 rings (SSSR count). The molecule has 0 amide bonds.